The highest BCUT2D eigenvalue weighted by Crippen LogP contribution is 2.21. The summed E-state index contributed by atoms with van der Waals surface area (Å²) in [7, 11) is 1.67. The van der Waals surface area contributed by atoms with Crippen LogP contribution in [0.1, 0.15) is 36.2 Å². The van der Waals surface area contributed by atoms with Gasteiger partial charge in [0.05, 0.1) is 19.3 Å². The Morgan fingerprint density at radius 2 is 2.12 bits per heavy atom. The molecular weight excluding hydrogens is 320 g/mol. The molecule has 1 saturated carbocycles. The van der Waals surface area contributed by atoms with Crippen LogP contribution in [-0.4, -0.2) is 52.9 Å². The van der Waals surface area contributed by atoms with E-state index in [1.165, 1.54) is 0 Å². The Labute approximate surface area is 147 Å². The summed E-state index contributed by atoms with van der Waals surface area (Å²) in [6.07, 6.45) is 9.17. The van der Waals surface area contributed by atoms with Crippen molar-refractivity contribution in [3.8, 4) is 5.82 Å². The SMILES string of the molecule is COCCOC1CCC(NC(=O)c2cccc(-n3ccnc3)n2)CC1. The Balaban J connectivity index is 1.51. The van der Waals surface area contributed by atoms with Gasteiger partial charge < -0.3 is 14.8 Å². The first-order chi connectivity index (χ1) is 12.3. The minimum atomic E-state index is -0.134. The number of ether oxygens (including phenoxy) is 2. The second kappa shape index (κ2) is 8.73. The maximum absolute atomic E-state index is 12.5. The van der Waals surface area contributed by atoms with E-state index in [4.69, 9.17) is 9.47 Å². The predicted molar refractivity (Wildman–Crippen MR) is 92.7 cm³/mol. The van der Waals surface area contributed by atoms with Gasteiger partial charge in [-0.15, -0.1) is 0 Å². The maximum atomic E-state index is 12.5. The number of pyridine rings is 1. The number of amides is 1. The van der Waals surface area contributed by atoms with Gasteiger partial charge in [0.2, 0.25) is 0 Å². The third-order valence-corrected chi connectivity index (χ3v) is 4.39. The van der Waals surface area contributed by atoms with Crippen molar-refractivity contribution < 1.29 is 14.3 Å². The fraction of sp³-hybridized carbons (Fsp3) is 0.500. The van der Waals surface area contributed by atoms with Gasteiger partial charge in [0.1, 0.15) is 17.8 Å². The van der Waals surface area contributed by atoms with Crippen molar-refractivity contribution >= 4 is 5.91 Å². The molecule has 1 aliphatic rings. The topological polar surface area (TPSA) is 78.3 Å². The first-order valence-electron chi connectivity index (χ1n) is 8.63. The highest BCUT2D eigenvalue weighted by Gasteiger charge is 2.23. The molecule has 0 spiro atoms. The van der Waals surface area contributed by atoms with Gasteiger partial charge in [0, 0.05) is 25.5 Å². The molecular formula is C18H24N4O3. The molecule has 0 aliphatic heterocycles. The molecule has 0 atom stereocenters. The quantitative estimate of drug-likeness (QED) is 0.777. The van der Waals surface area contributed by atoms with Crippen LogP contribution in [0.2, 0.25) is 0 Å². The number of hydrogen-bond donors (Lipinski definition) is 1. The van der Waals surface area contributed by atoms with Crippen LogP contribution >= 0.6 is 0 Å². The molecule has 134 valence electrons. The molecule has 1 fully saturated rings. The first-order valence-corrected chi connectivity index (χ1v) is 8.63. The van der Waals surface area contributed by atoms with Crippen molar-refractivity contribution in [1.29, 1.82) is 0 Å². The molecule has 2 aromatic heterocycles. The maximum Gasteiger partial charge on any atom is 0.270 e. The molecule has 0 radical (unpaired) electrons. The smallest absolute Gasteiger partial charge is 0.270 e. The van der Waals surface area contributed by atoms with E-state index in [0.29, 0.717) is 24.7 Å². The molecule has 3 rings (SSSR count). The van der Waals surface area contributed by atoms with E-state index in [0.717, 1.165) is 25.7 Å². The number of imidazole rings is 1. The Kier molecular flexibility index (Phi) is 6.14. The first kappa shape index (κ1) is 17.6. The van der Waals surface area contributed by atoms with Crippen molar-refractivity contribution in [3.05, 3.63) is 42.6 Å². The number of nitrogens with zero attached hydrogens (tertiary/aromatic N) is 3. The van der Waals surface area contributed by atoms with Gasteiger partial charge >= 0.3 is 0 Å². The van der Waals surface area contributed by atoms with Crippen LogP contribution in [0.4, 0.5) is 0 Å². The third-order valence-electron chi connectivity index (χ3n) is 4.39. The molecule has 1 N–H and O–H groups in total. The highest BCUT2D eigenvalue weighted by molar-refractivity contribution is 5.92. The lowest BCUT2D eigenvalue weighted by molar-refractivity contribution is -0.00409. The summed E-state index contributed by atoms with van der Waals surface area (Å²) < 4.78 is 12.5. The summed E-state index contributed by atoms with van der Waals surface area (Å²) in [5.41, 5.74) is 0.421. The Hall–Kier alpha value is -2.25. The van der Waals surface area contributed by atoms with Gasteiger partial charge in [0.15, 0.2) is 0 Å². The summed E-state index contributed by atoms with van der Waals surface area (Å²) in [5.74, 6) is 0.547. The number of hydrogen-bond acceptors (Lipinski definition) is 5. The molecule has 1 aliphatic carbocycles. The van der Waals surface area contributed by atoms with Crippen LogP contribution in [-0.2, 0) is 9.47 Å². The number of rotatable bonds is 7. The van der Waals surface area contributed by atoms with E-state index < -0.39 is 0 Å². The van der Waals surface area contributed by atoms with Crippen LogP contribution in [0.3, 0.4) is 0 Å². The third kappa shape index (κ3) is 4.87. The minimum Gasteiger partial charge on any atom is -0.382 e. The number of nitrogens with one attached hydrogen (secondary N) is 1. The minimum absolute atomic E-state index is 0.134. The van der Waals surface area contributed by atoms with Crippen molar-refractivity contribution in [2.24, 2.45) is 0 Å². The largest absolute Gasteiger partial charge is 0.382 e. The number of carbonyl (C=O) groups excluding carboxylic acids is 1. The number of methoxy groups -OCH3 is 1. The highest BCUT2D eigenvalue weighted by atomic mass is 16.5. The summed E-state index contributed by atoms with van der Waals surface area (Å²) >= 11 is 0. The van der Waals surface area contributed by atoms with Crippen LogP contribution in [0.5, 0.6) is 0 Å². The van der Waals surface area contributed by atoms with E-state index in [2.05, 4.69) is 15.3 Å². The Morgan fingerprint density at radius 3 is 2.84 bits per heavy atom. The molecule has 25 heavy (non-hydrogen) atoms. The molecule has 0 unspecified atom stereocenters. The van der Waals surface area contributed by atoms with E-state index in [9.17, 15) is 4.79 Å². The van der Waals surface area contributed by atoms with Crippen molar-refractivity contribution in [2.45, 2.75) is 37.8 Å². The second-order valence-electron chi connectivity index (χ2n) is 6.16. The molecule has 1 amide bonds. The van der Waals surface area contributed by atoms with Crippen molar-refractivity contribution in [1.82, 2.24) is 19.9 Å². The lowest BCUT2D eigenvalue weighted by atomic mass is 9.93. The van der Waals surface area contributed by atoms with Crippen LogP contribution < -0.4 is 5.32 Å². The standard InChI is InChI=1S/C18H24N4O3/c1-24-11-12-25-15-7-5-14(6-8-15)20-18(23)16-3-2-4-17(21-16)22-10-9-19-13-22/h2-4,9-10,13-15H,5-8,11-12H2,1H3,(H,20,23). The predicted octanol–water partition coefficient (Wildman–Crippen LogP) is 1.97. The van der Waals surface area contributed by atoms with E-state index in [-0.39, 0.29) is 18.1 Å². The molecule has 7 nitrogen and oxygen atoms in total. The summed E-state index contributed by atoms with van der Waals surface area (Å²) in [5, 5.41) is 3.09. The zero-order chi connectivity index (χ0) is 17.5. The van der Waals surface area contributed by atoms with Crippen LogP contribution in [0.25, 0.3) is 5.82 Å². The van der Waals surface area contributed by atoms with Crippen LogP contribution in [0.15, 0.2) is 36.9 Å². The van der Waals surface area contributed by atoms with E-state index >= 15 is 0 Å². The molecule has 0 bridgehead atoms. The summed E-state index contributed by atoms with van der Waals surface area (Å²) in [6, 6.07) is 5.59. The van der Waals surface area contributed by atoms with Gasteiger partial charge in [-0.3, -0.25) is 9.36 Å². The van der Waals surface area contributed by atoms with Gasteiger partial charge in [-0.05, 0) is 37.8 Å². The number of carbonyl (C=O) groups is 1. The molecule has 0 saturated heterocycles. The fourth-order valence-electron chi connectivity index (χ4n) is 3.02. The molecule has 2 aromatic rings. The lowest BCUT2D eigenvalue weighted by Crippen LogP contribution is -2.39. The zero-order valence-electron chi connectivity index (χ0n) is 14.4. The average molecular weight is 344 g/mol. The molecule has 2 heterocycles. The monoisotopic (exact) mass is 344 g/mol. The zero-order valence-corrected chi connectivity index (χ0v) is 14.4. The number of aromatic nitrogens is 3. The lowest BCUT2D eigenvalue weighted by Gasteiger charge is -2.29. The molecule has 0 aromatic carbocycles. The average Bonchev–Trinajstić information content (AvgIpc) is 3.18. The van der Waals surface area contributed by atoms with Crippen molar-refractivity contribution in [3.63, 3.8) is 0 Å². The van der Waals surface area contributed by atoms with Crippen molar-refractivity contribution in [2.75, 3.05) is 20.3 Å². The second-order valence-corrected chi connectivity index (χ2v) is 6.16. The van der Waals surface area contributed by atoms with Gasteiger partial charge in [-0.1, -0.05) is 6.07 Å². The fourth-order valence-corrected chi connectivity index (χ4v) is 3.02. The van der Waals surface area contributed by atoms with E-state index in [1.807, 2.05) is 12.1 Å². The normalized spacial score (nSPS) is 20.4. The van der Waals surface area contributed by atoms with Gasteiger partial charge in [0.25, 0.3) is 5.91 Å². The summed E-state index contributed by atoms with van der Waals surface area (Å²) in [4.78, 5) is 20.9. The molecule has 7 heteroatoms. The van der Waals surface area contributed by atoms with Crippen LogP contribution in [0, 0.1) is 0 Å². The Morgan fingerprint density at radius 1 is 1.28 bits per heavy atom. The van der Waals surface area contributed by atoms with Gasteiger partial charge in [-0.2, -0.15) is 0 Å². The Bertz CT molecular complexity index is 667. The van der Waals surface area contributed by atoms with E-state index in [1.54, 1.807) is 36.5 Å². The summed E-state index contributed by atoms with van der Waals surface area (Å²) in [6.45, 7) is 1.25. The van der Waals surface area contributed by atoms with Gasteiger partial charge in [-0.25, -0.2) is 9.97 Å².